The second-order valence-corrected chi connectivity index (χ2v) is 7.16. The average Bonchev–Trinajstić information content (AvgIpc) is 3.00. The third-order valence-electron chi connectivity index (χ3n) is 4.05. The van der Waals surface area contributed by atoms with E-state index in [9.17, 15) is 4.79 Å². The lowest BCUT2D eigenvalue weighted by Crippen LogP contribution is -2.10. The molecule has 0 aliphatic heterocycles. The molecule has 27 heavy (non-hydrogen) atoms. The summed E-state index contributed by atoms with van der Waals surface area (Å²) >= 11 is 1.25. The zero-order chi connectivity index (χ0) is 19.6. The van der Waals surface area contributed by atoms with Gasteiger partial charge in [-0.15, -0.1) is 0 Å². The van der Waals surface area contributed by atoms with Crippen LogP contribution < -0.4 is 5.73 Å². The van der Waals surface area contributed by atoms with Crippen LogP contribution in [-0.2, 0) is 4.79 Å². The molecule has 2 N–H and O–H groups in total. The van der Waals surface area contributed by atoms with Crippen LogP contribution in [0.2, 0.25) is 0 Å². The molecule has 0 radical (unpaired) electrons. The number of nitrogens with two attached hydrogens (primary N) is 1. The molecule has 0 saturated carbocycles. The quantitative estimate of drug-likeness (QED) is 0.416. The predicted octanol–water partition coefficient (Wildman–Crippen LogP) is 3.43. The maximum atomic E-state index is 12.3. The van der Waals surface area contributed by atoms with Crippen molar-refractivity contribution in [3.63, 3.8) is 0 Å². The minimum atomic E-state index is -0.315. The predicted molar refractivity (Wildman–Crippen MR) is 106 cm³/mol. The summed E-state index contributed by atoms with van der Waals surface area (Å²) in [7, 11) is 0. The summed E-state index contributed by atoms with van der Waals surface area (Å²) in [6.07, 6.45) is 0. The number of aryl methyl sites for hydroxylation is 2. The Labute approximate surface area is 161 Å². The van der Waals surface area contributed by atoms with Crippen LogP contribution in [0.5, 0.6) is 0 Å². The smallest absolute Gasteiger partial charge is 0.190 e. The van der Waals surface area contributed by atoms with Crippen LogP contribution in [0.15, 0.2) is 52.8 Å². The molecule has 0 aliphatic rings. The van der Waals surface area contributed by atoms with E-state index in [0.717, 1.165) is 28.0 Å². The van der Waals surface area contributed by atoms with E-state index in [1.54, 1.807) is 11.4 Å². The highest BCUT2D eigenvalue weighted by Crippen LogP contribution is 2.31. The fourth-order valence-corrected chi connectivity index (χ4v) is 3.68. The molecule has 2 heterocycles. The third-order valence-corrected chi connectivity index (χ3v) is 4.97. The van der Waals surface area contributed by atoms with E-state index < -0.39 is 0 Å². The lowest BCUT2D eigenvalue weighted by molar-refractivity contribution is -0.112. The molecular weight excluding hydrogens is 358 g/mol. The monoisotopic (exact) mass is 377 g/mol. The number of benzene rings is 1. The Morgan fingerprint density at radius 1 is 1.30 bits per heavy atom. The molecule has 136 valence electrons. The van der Waals surface area contributed by atoms with Crippen LogP contribution in [0.3, 0.4) is 0 Å². The van der Waals surface area contributed by atoms with Gasteiger partial charge in [-0.1, -0.05) is 42.1 Å². The van der Waals surface area contributed by atoms with Crippen molar-refractivity contribution < 1.29 is 4.79 Å². The molecule has 0 amide bonds. The van der Waals surface area contributed by atoms with E-state index in [4.69, 9.17) is 16.0 Å². The number of imidazole rings is 1. The number of allylic oxidation sites excluding steroid dienone is 2. The zero-order valence-electron chi connectivity index (χ0n) is 15.4. The van der Waals surface area contributed by atoms with Gasteiger partial charge in [0.1, 0.15) is 11.6 Å². The number of rotatable bonds is 5. The number of nitriles is 1. The van der Waals surface area contributed by atoms with Crippen molar-refractivity contribution >= 4 is 23.1 Å². The van der Waals surface area contributed by atoms with Crippen LogP contribution in [0, 0.1) is 25.2 Å². The van der Waals surface area contributed by atoms with Gasteiger partial charge in [0.25, 0.3) is 0 Å². The number of hydrogen-bond donors (Lipinski definition) is 1. The number of hydrogen-bond acceptors (Lipinski definition) is 6. The van der Waals surface area contributed by atoms with Crippen molar-refractivity contribution in [3.05, 3.63) is 58.9 Å². The first kappa shape index (κ1) is 18.7. The minimum Gasteiger partial charge on any atom is -0.401 e. The molecule has 0 atom stereocenters. The van der Waals surface area contributed by atoms with E-state index in [1.165, 1.54) is 11.8 Å². The first-order valence-electron chi connectivity index (χ1n) is 8.37. The number of fused-ring (bicyclic) bond motifs is 1. The molecule has 7 heteroatoms. The van der Waals surface area contributed by atoms with Gasteiger partial charge in [-0.25, -0.2) is 9.50 Å². The minimum absolute atomic E-state index is 0.00744. The molecule has 1 aromatic carbocycles. The average molecular weight is 377 g/mol. The standard InChI is InChI=1S/C20H19N5OS/c1-12-9-13(2)24-25-19(12)18(15-7-5-4-6-8-15)23-20(25)27-11-17(26)16(10-21)14(3)22/h4-9H,11,22H2,1-3H3/b16-14+. The number of aromatic nitrogens is 3. The van der Waals surface area contributed by atoms with Crippen molar-refractivity contribution in [2.24, 2.45) is 5.73 Å². The number of ketones is 1. The molecule has 6 nitrogen and oxygen atoms in total. The Kier molecular flexibility index (Phi) is 5.28. The number of Topliss-reactive ketones (excluding diaryl/α,β-unsaturated/α-hetero) is 1. The molecule has 0 fully saturated rings. The highest BCUT2D eigenvalue weighted by Gasteiger charge is 2.19. The highest BCUT2D eigenvalue weighted by atomic mass is 32.2. The Morgan fingerprint density at radius 2 is 2.00 bits per heavy atom. The Hall–Kier alpha value is -3.11. The van der Waals surface area contributed by atoms with Gasteiger partial charge in [0.05, 0.1) is 22.7 Å². The van der Waals surface area contributed by atoms with Crippen molar-refractivity contribution in [1.29, 1.82) is 5.26 Å². The van der Waals surface area contributed by atoms with Gasteiger partial charge in [0.15, 0.2) is 10.9 Å². The van der Waals surface area contributed by atoms with E-state index in [2.05, 4.69) is 5.10 Å². The summed E-state index contributed by atoms with van der Waals surface area (Å²) in [5.41, 5.74) is 10.5. The van der Waals surface area contributed by atoms with Crippen LogP contribution in [0.25, 0.3) is 16.8 Å². The van der Waals surface area contributed by atoms with Gasteiger partial charge in [-0.2, -0.15) is 10.4 Å². The van der Waals surface area contributed by atoms with Gasteiger partial charge in [0.2, 0.25) is 0 Å². The van der Waals surface area contributed by atoms with E-state index in [0.29, 0.717) is 5.16 Å². The molecule has 0 unspecified atom stereocenters. The fraction of sp³-hybridized carbons (Fsp3) is 0.200. The lowest BCUT2D eigenvalue weighted by atomic mass is 10.1. The lowest BCUT2D eigenvalue weighted by Gasteiger charge is -2.04. The summed E-state index contributed by atoms with van der Waals surface area (Å²) in [4.78, 5) is 17.0. The van der Waals surface area contributed by atoms with Crippen molar-refractivity contribution in [3.8, 4) is 17.3 Å². The fourth-order valence-electron chi connectivity index (χ4n) is 2.87. The van der Waals surface area contributed by atoms with Crippen LogP contribution in [-0.4, -0.2) is 26.1 Å². The summed E-state index contributed by atoms with van der Waals surface area (Å²) in [5, 5.41) is 14.3. The van der Waals surface area contributed by atoms with E-state index >= 15 is 0 Å². The molecular formula is C20H19N5OS. The maximum absolute atomic E-state index is 12.3. The summed E-state index contributed by atoms with van der Waals surface area (Å²) in [6, 6.07) is 13.8. The largest absolute Gasteiger partial charge is 0.401 e. The van der Waals surface area contributed by atoms with Gasteiger partial charge in [-0.3, -0.25) is 4.79 Å². The SMILES string of the molecule is C/C(N)=C(/C#N)C(=O)CSc1nc(-c2ccccc2)c2c(C)cc(C)nn12. The van der Waals surface area contributed by atoms with Crippen molar-refractivity contribution in [2.45, 2.75) is 25.9 Å². The third kappa shape index (κ3) is 3.71. The molecule has 2 aromatic heterocycles. The second kappa shape index (κ2) is 7.64. The van der Waals surface area contributed by atoms with Crippen LogP contribution in [0.1, 0.15) is 18.2 Å². The van der Waals surface area contributed by atoms with Crippen LogP contribution >= 0.6 is 11.8 Å². The summed E-state index contributed by atoms with van der Waals surface area (Å²) < 4.78 is 1.77. The molecule has 0 spiro atoms. The normalized spacial score (nSPS) is 11.9. The van der Waals surface area contributed by atoms with Crippen LogP contribution in [0.4, 0.5) is 0 Å². The summed E-state index contributed by atoms with van der Waals surface area (Å²) in [5.74, 6) is -0.246. The zero-order valence-corrected chi connectivity index (χ0v) is 16.2. The number of thioether (sulfide) groups is 1. The molecule has 0 bridgehead atoms. The van der Waals surface area contributed by atoms with E-state index in [1.807, 2.05) is 56.3 Å². The number of carbonyl (C=O) groups is 1. The van der Waals surface area contributed by atoms with E-state index in [-0.39, 0.29) is 22.8 Å². The Balaban J connectivity index is 2.05. The number of carbonyl (C=O) groups excluding carboxylic acids is 1. The molecule has 0 saturated heterocycles. The van der Waals surface area contributed by atoms with Gasteiger partial charge in [0, 0.05) is 11.3 Å². The van der Waals surface area contributed by atoms with Gasteiger partial charge < -0.3 is 5.73 Å². The van der Waals surface area contributed by atoms with Gasteiger partial charge in [-0.05, 0) is 32.4 Å². The maximum Gasteiger partial charge on any atom is 0.190 e. The number of nitrogens with zero attached hydrogens (tertiary/aromatic N) is 4. The molecule has 3 rings (SSSR count). The molecule has 3 aromatic rings. The molecule has 0 aliphatic carbocycles. The van der Waals surface area contributed by atoms with Crippen molar-refractivity contribution in [2.75, 3.05) is 5.75 Å². The Morgan fingerprint density at radius 3 is 2.63 bits per heavy atom. The summed E-state index contributed by atoms with van der Waals surface area (Å²) in [6.45, 7) is 5.49. The second-order valence-electron chi connectivity index (χ2n) is 6.22. The highest BCUT2D eigenvalue weighted by molar-refractivity contribution is 7.99. The first-order valence-corrected chi connectivity index (χ1v) is 9.35. The Bertz CT molecular complexity index is 1090. The topological polar surface area (TPSA) is 97.1 Å². The van der Waals surface area contributed by atoms with Gasteiger partial charge >= 0.3 is 0 Å². The first-order chi connectivity index (χ1) is 12.9. The van der Waals surface area contributed by atoms with Crippen molar-refractivity contribution in [1.82, 2.24) is 14.6 Å².